The summed E-state index contributed by atoms with van der Waals surface area (Å²) in [6.45, 7) is 2.56. The number of hydrogen-bond acceptors (Lipinski definition) is 4. The van der Waals surface area contributed by atoms with E-state index < -0.39 is 0 Å². The molecule has 1 rings (SSSR count). The molecule has 0 amide bonds. The van der Waals surface area contributed by atoms with E-state index in [2.05, 4.69) is 10.5 Å². The fourth-order valence-electron chi connectivity index (χ4n) is 1.95. The monoisotopic (exact) mass is 215 g/mol. The van der Waals surface area contributed by atoms with Gasteiger partial charge in [-0.1, -0.05) is 18.0 Å². The molecule has 0 saturated heterocycles. The number of amidine groups is 1. The summed E-state index contributed by atoms with van der Waals surface area (Å²) in [6, 6.07) is -0.149. The van der Waals surface area contributed by atoms with E-state index in [9.17, 15) is 5.11 Å². The van der Waals surface area contributed by atoms with Crippen LogP contribution in [0.15, 0.2) is 5.16 Å². The van der Waals surface area contributed by atoms with E-state index in [-0.39, 0.29) is 18.0 Å². The molecule has 0 aromatic carbocycles. The van der Waals surface area contributed by atoms with E-state index >= 15 is 0 Å². The summed E-state index contributed by atoms with van der Waals surface area (Å²) < 4.78 is 0. The highest BCUT2D eigenvalue weighted by atomic mass is 16.4. The van der Waals surface area contributed by atoms with Crippen LogP contribution in [0.5, 0.6) is 0 Å². The van der Waals surface area contributed by atoms with E-state index in [0.717, 1.165) is 25.8 Å². The molecule has 0 radical (unpaired) electrons. The summed E-state index contributed by atoms with van der Waals surface area (Å²) in [5, 5.41) is 24.3. The SMILES string of the molecule is CC(NCC1CCCCC1O)C(N)=NO. The van der Waals surface area contributed by atoms with E-state index in [0.29, 0.717) is 5.92 Å². The summed E-state index contributed by atoms with van der Waals surface area (Å²) in [7, 11) is 0. The van der Waals surface area contributed by atoms with Gasteiger partial charge in [-0.3, -0.25) is 0 Å². The number of aliphatic hydroxyl groups is 1. The number of rotatable bonds is 4. The minimum atomic E-state index is -0.203. The molecule has 5 N–H and O–H groups in total. The lowest BCUT2D eigenvalue weighted by atomic mass is 9.86. The molecule has 0 aromatic rings. The van der Waals surface area contributed by atoms with Crippen molar-refractivity contribution in [3.8, 4) is 0 Å². The van der Waals surface area contributed by atoms with Crippen LogP contribution in [0, 0.1) is 5.92 Å². The van der Waals surface area contributed by atoms with Gasteiger partial charge >= 0.3 is 0 Å². The summed E-state index contributed by atoms with van der Waals surface area (Å²) >= 11 is 0. The van der Waals surface area contributed by atoms with Gasteiger partial charge < -0.3 is 21.4 Å². The van der Waals surface area contributed by atoms with Gasteiger partial charge in [0.15, 0.2) is 5.84 Å². The number of nitrogens with zero attached hydrogens (tertiary/aromatic N) is 1. The Labute approximate surface area is 90.3 Å². The predicted molar refractivity (Wildman–Crippen MR) is 58.8 cm³/mol. The lowest BCUT2D eigenvalue weighted by Gasteiger charge is -2.28. The van der Waals surface area contributed by atoms with E-state index in [1.165, 1.54) is 6.42 Å². The smallest absolute Gasteiger partial charge is 0.156 e. The Kier molecular flexibility index (Phi) is 4.84. The van der Waals surface area contributed by atoms with Gasteiger partial charge in [-0.2, -0.15) is 0 Å². The number of hydrogen-bond donors (Lipinski definition) is 4. The van der Waals surface area contributed by atoms with Crippen molar-refractivity contribution in [3.63, 3.8) is 0 Å². The first-order valence-corrected chi connectivity index (χ1v) is 5.54. The largest absolute Gasteiger partial charge is 0.409 e. The van der Waals surface area contributed by atoms with Gasteiger partial charge in [0.2, 0.25) is 0 Å². The first-order chi connectivity index (χ1) is 7.15. The molecule has 3 unspecified atom stereocenters. The summed E-state index contributed by atoms with van der Waals surface area (Å²) in [5.74, 6) is 0.480. The van der Waals surface area contributed by atoms with Crippen LogP contribution in [0.25, 0.3) is 0 Å². The number of oxime groups is 1. The highest BCUT2D eigenvalue weighted by Crippen LogP contribution is 2.23. The van der Waals surface area contributed by atoms with Crippen LogP contribution in [-0.2, 0) is 0 Å². The third kappa shape index (κ3) is 3.68. The first-order valence-electron chi connectivity index (χ1n) is 5.54. The minimum Gasteiger partial charge on any atom is -0.409 e. The maximum absolute atomic E-state index is 9.73. The van der Waals surface area contributed by atoms with E-state index in [4.69, 9.17) is 10.9 Å². The van der Waals surface area contributed by atoms with Crippen LogP contribution >= 0.6 is 0 Å². The third-order valence-corrected chi connectivity index (χ3v) is 3.11. The van der Waals surface area contributed by atoms with Crippen molar-refractivity contribution in [1.82, 2.24) is 5.32 Å². The minimum absolute atomic E-state index is 0.149. The maximum atomic E-state index is 9.73. The molecule has 88 valence electrons. The van der Waals surface area contributed by atoms with Crippen LogP contribution in [0.1, 0.15) is 32.6 Å². The first kappa shape index (κ1) is 12.3. The van der Waals surface area contributed by atoms with Crippen molar-refractivity contribution in [3.05, 3.63) is 0 Å². The quantitative estimate of drug-likeness (QED) is 0.234. The zero-order valence-electron chi connectivity index (χ0n) is 9.19. The number of nitrogens with two attached hydrogens (primary N) is 1. The van der Waals surface area contributed by atoms with Crippen LogP contribution in [0.2, 0.25) is 0 Å². The van der Waals surface area contributed by atoms with E-state index in [1.54, 1.807) is 0 Å². The van der Waals surface area contributed by atoms with Gasteiger partial charge in [0.05, 0.1) is 12.1 Å². The molecule has 0 heterocycles. The van der Waals surface area contributed by atoms with Crippen LogP contribution < -0.4 is 11.1 Å². The van der Waals surface area contributed by atoms with Crippen molar-refractivity contribution in [2.24, 2.45) is 16.8 Å². The number of nitrogens with one attached hydrogen (secondary N) is 1. The number of aliphatic hydroxyl groups excluding tert-OH is 1. The average molecular weight is 215 g/mol. The Morgan fingerprint density at radius 2 is 2.20 bits per heavy atom. The third-order valence-electron chi connectivity index (χ3n) is 3.11. The molecule has 0 bridgehead atoms. The normalized spacial score (nSPS) is 30.1. The lowest BCUT2D eigenvalue weighted by molar-refractivity contribution is 0.0693. The maximum Gasteiger partial charge on any atom is 0.156 e. The second-order valence-electron chi connectivity index (χ2n) is 4.27. The van der Waals surface area contributed by atoms with Crippen molar-refractivity contribution in [1.29, 1.82) is 0 Å². The highest BCUT2D eigenvalue weighted by Gasteiger charge is 2.23. The molecule has 1 aliphatic carbocycles. The van der Waals surface area contributed by atoms with E-state index in [1.807, 2.05) is 6.92 Å². The molecular formula is C10H21N3O2. The van der Waals surface area contributed by atoms with Crippen molar-refractivity contribution in [2.45, 2.75) is 44.8 Å². The summed E-state index contributed by atoms with van der Waals surface area (Å²) in [6.07, 6.45) is 4.04. The second kappa shape index (κ2) is 5.92. The fraction of sp³-hybridized carbons (Fsp3) is 0.900. The average Bonchev–Trinajstić information content (AvgIpc) is 2.26. The second-order valence-corrected chi connectivity index (χ2v) is 4.27. The lowest BCUT2D eigenvalue weighted by Crippen LogP contribution is -2.43. The summed E-state index contributed by atoms with van der Waals surface area (Å²) in [4.78, 5) is 0. The van der Waals surface area contributed by atoms with Gasteiger partial charge in [0.1, 0.15) is 0 Å². The van der Waals surface area contributed by atoms with Gasteiger partial charge in [-0.15, -0.1) is 0 Å². The standard InChI is InChI=1S/C10H21N3O2/c1-7(10(11)13-15)12-6-8-4-2-3-5-9(8)14/h7-9,12,14-15H,2-6H2,1H3,(H2,11,13). The zero-order chi connectivity index (χ0) is 11.3. The molecule has 5 nitrogen and oxygen atoms in total. The molecule has 15 heavy (non-hydrogen) atoms. The molecule has 0 aromatic heterocycles. The van der Waals surface area contributed by atoms with Crippen LogP contribution in [-0.4, -0.2) is 34.8 Å². The van der Waals surface area contributed by atoms with Crippen molar-refractivity contribution < 1.29 is 10.3 Å². The van der Waals surface area contributed by atoms with Crippen LogP contribution in [0.3, 0.4) is 0 Å². The van der Waals surface area contributed by atoms with Gasteiger partial charge in [0.25, 0.3) is 0 Å². The molecule has 0 spiro atoms. The molecule has 1 saturated carbocycles. The molecule has 1 aliphatic rings. The molecule has 3 atom stereocenters. The van der Waals surface area contributed by atoms with Gasteiger partial charge in [-0.25, -0.2) is 0 Å². The van der Waals surface area contributed by atoms with Crippen molar-refractivity contribution >= 4 is 5.84 Å². The summed E-state index contributed by atoms with van der Waals surface area (Å²) in [5.41, 5.74) is 5.44. The fourth-order valence-corrected chi connectivity index (χ4v) is 1.95. The predicted octanol–water partition coefficient (Wildman–Crippen LogP) is 0.262. The molecule has 1 fully saturated rings. The Hall–Kier alpha value is -0.810. The molecule has 0 aliphatic heterocycles. The van der Waals surface area contributed by atoms with Gasteiger partial charge in [0, 0.05) is 6.54 Å². The Balaban J connectivity index is 2.29. The molecule has 5 heteroatoms. The Morgan fingerprint density at radius 3 is 2.80 bits per heavy atom. The Morgan fingerprint density at radius 1 is 1.53 bits per heavy atom. The Bertz CT molecular complexity index is 221. The highest BCUT2D eigenvalue weighted by molar-refractivity contribution is 5.84. The topological polar surface area (TPSA) is 90.9 Å². The van der Waals surface area contributed by atoms with Crippen LogP contribution in [0.4, 0.5) is 0 Å². The van der Waals surface area contributed by atoms with Crippen molar-refractivity contribution in [2.75, 3.05) is 6.54 Å². The molecular weight excluding hydrogens is 194 g/mol. The zero-order valence-corrected chi connectivity index (χ0v) is 9.19. The van der Waals surface area contributed by atoms with Gasteiger partial charge in [-0.05, 0) is 25.7 Å².